The molecule has 0 aliphatic heterocycles. The van der Waals surface area contributed by atoms with Crippen LogP contribution in [-0.4, -0.2) is 67.7 Å². The van der Waals surface area contributed by atoms with E-state index in [0.29, 0.717) is 24.3 Å². The van der Waals surface area contributed by atoms with E-state index in [1.807, 2.05) is 60.7 Å². The Morgan fingerprint density at radius 1 is 0.767 bits per heavy atom. The lowest BCUT2D eigenvalue weighted by Crippen LogP contribution is -2.44. The van der Waals surface area contributed by atoms with E-state index in [2.05, 4.69) is 26.6 Å². The summed E-state index contributed by atoms with van der Waals surface area (Å²) in [6.45, 7) is 2.19. The van der Waals surface area contributed by atoms with Gasteiger partial charge in [-0.1, -0.05) is 60.7 Å². The predicted molar refractivity (Wildman–Crippen MR) is 163 cm³/mol. The highest BCUT2D eigenvalue weighted by Gasteiger charge is 2.24. The van der Waals surface area contributed by atoms with Gasteiger partial charge in [0.05, 0.1) is 12.6 Å². The van der Waals surface area contributed by atoms with Gasteiger partial charge in [-0.15, -0.1) is 0 Å². The number of hydrogen-bond acceptors (Lipinski definition) is 7. The van der Waals surface area contributed by atoms with Gasteiger partial charge in [0.25, 0.3) is 11.8 Å². The molecule has 0 radical (unpaired) electrons. The fourth-order valence-electron chi connectivity index (χ4n) is 4.15. The molecule has 11 nitrogen and oxygen atoms in total. The Morgan fingerprint density at radius 3 is 1.88 bits per heavy atom. The average molecular weight is 590 g/mol. The summed E-state index contributed by atoms with van der Waals surface area (Å²) in [7, 11) is 1.68. The summed E-state index contributed by atoms with van der Waals surface area (Å²) in [5.41, 5.74) is 2.97. The fraction of sp³-hybridized carbons (Fsp3) is 0.312. The van der Waals surface area contributed by atoms with E-state index < -0.39 is 24.0 Å². The smallest absolute Gasteiger partial charge is 0.251 e. The van der Waals surface area contributed by atoms with Crippen molar-refractivity contribution in [3.63, 3.8) is 0 Å². The summed E-state index contributed by atoms with van der Waals surface area (Å²) in [6.07, 6.45) is -2.24. The first-order chi connectivity index (χ1) is 20.8. The Bertz CT molecular complexity index is 1350. The summed E-state index contributed by atoms with van der Waals surface area (Å²) in [5.74, 6) is -1.75. The number of carbonyl (C=O) groups is 4. The minimum Gasteiger partial charge on any atom is -0.391 e. The molecule has 0 spiro atoms. The van der Waals surface area contributed by atoms with Crippen LogP contribution in [-0.2, 0) is 27.4 Å². The summed E-state index contributed by atoms with van der Waals surface area (Å²) in [5, 5.41) is 24.3. The van der Waals surface area contributed by atoms with Crippen LogP contribution in [0.3, 0.4) is 0 Å². The maximum Gasteiger partial charge on any atom is 0.251 e. The molecule has 0 unspecified atom stereocenters. The Kier molecular flexibility index (Phi) is 13.2. The van der Waals surface area contributed by atoms with Crippen molar-refractivity contribution < 1.29 is 29.0 Å². The van der Waals surface area contributed by atoms with Crippen LogP contribution in [0.5, 0.6) is 0 Å². The van der Waals surface area contributed by atoms with Gasteiger partial charge in [-0.3, -0.25) is 19.2 Å². The number of carbonyl (C=O) groups excluding carboxylic acids is 4. The molecule has 6 N–H and O–H groups in total. The van der Waals surface area contributed by atoms with Crippen molar-refractivity contribution in [1.82, 2.24) is 21.3 Å². The molecule has 0 saturated heterocycles. The molecule has 0 aliphatic rings. The number of anilines is 1. The molecule has 3 rings (SSSR count). The Morgan fingerprint density at radius 2 is 1.33 bits per heavy atom. The standard InChI is InChI=1S/C32H39N5O6/c1-3-43-28(32(42)37-21-29(39)34-18-22-10-6-4-7-11-22)17-27(38)20-36-31(41)25-14-24(15-26(16-25)33-2)30(40)35-19-23-12-8-5-9-13-23/h4-16,27-28,33,38H,3,17-21H2,1-2H3,(H,34,39)(H,35,40)(H,36,41)(H,37,42)/t27-,28+/m0/s1. The number of rotatable bonds is 16. The van der Waals surface area contributed by atoms with Gasteiger partial charge in [-0.25, -0.2) is 0 Å². The Hall–Kier alpha value is -4.74. The van der Waals surface area contributed by atoms with Crippen molar-refractivity contribution in [1.29, 1.82) is 0 Å². The van der Waals surface area contributed by atoms with Gasteiger partial charge in [0.2, 0.25) is 11.8 Å². The van der Waals surface area contributed by atoms with Crippen LogP contribution in [0.25, 0.3) is 0 Å². The van der Waals surface area contributed by atoms with E-state index in [-0.39, 0.29) is 43.5 Å². The highest BCUT2D eigenvalue weighted by atomic mass is 16.5. The lowest BCUT2D eigenvalue weighted by Gasteiger charge is -2.20. The van der Waals surface area contributed by atoms with Crippen LogP contribution in [0.4, 0.5) is 5.69 Å². The van der Waals surface area contributed by atoms with Crippen LogP contribution >= 0.6 is 0 Å². The topological polar surface area (TPSA) is 158 Å². The number of ether oxygens (including phenoxy) is 1. The van der Waals surface area contributed by atoms with Crippen LogP contribution in [0.2, 0.25) is 0 Å². The highest BCUT2D eigenvalue weighted by molar-refractivity contribution is 6.01. The molecule has 0 heterocycles. The van der Waals surface area contributed by atoms with Gasteiger partial charge >= 0.3 is 0 Å². The van der Waals surface area contributed by atoms with Crippen molar-refractivity contribution >= 4 is 29.3 Å². The zero-order valence-corrected chi connectivity index (χ0v) is 24.4. The molecular formula is C32H39N5O6. The Balaban J connectivity index is 1.49. The van der Waals surface area contributed by atoms with Gasteiger partial charge in [0.15, 0.2) is 0 Å². The second-order valence-electron chi connectivity index (χ2n) is 9.74. The molecular weight excluding hydrogens is 550 g/mol. The molecule has 4 amide bonds. The van der Waals surface area contributed by atoms with Crippen LogP contribution in [0.15, 0.2) is 78.9 Å². The van der Waals surface area contributed by atoms with Crippen LogP contribution in [0, 0.1) is 0 Å². The van der Waals surface area contributed by atoms with Crippen molar-refractivity contribution in [2.24, 2.45) is 0 Å². The van der Waals surface area contributed by atoms with Crippen molar-refractivity contribution in [2.45, 2.75) is 38.6 Å². The summed E-state index contributed by atoms with van der Waals surface area (Å²) in [4.78, 5) is 50.5. The van der Waals surface area contributed by atoms with Gasteiger partial charge in [0, 0.05) is 56.5 Å². The van der Waals surface area contributed by atoms with E-state index in [1.165, 1.54) is 6.07 Å². The maximum absolute atomic E-state index is 12.9. The van der Waals surface area contributed by atoms with Crippen LogP contribution < -0.4 is 26.6 Å². The van der Waals surface area contributed by atoms with Gasteiger partial charge in [0.1, 0.15) is 6.10 Å². The number of aliphatic hydroxyl groups is 1. The van der Waals surface area contributed by atoms with E-state index >= 15 is 0 Å². The number of benzene rings is 3. The lowest BCUT2D eigenvalue weighted by atomic mass is 10.1. The highest BCUT2D eigenvalue weighted by Crippen LogP contribution is 2.15. The second kappa shape index (κ2) is 17.3. The number of aliphatic hydroxyl groups excluding tert-OH is 1. The first-order valence-electron chi connectivity index (χ1n) is 14.1. The van der Waals surface area contributed by atoms with Crippen molar-refractivity contribution in [2.75, 3.05) is 32.1 Å². The first-order valence-corrected chi connectivity index (χ1v) is 14.1. The first kappa shape index (κ1) is 32.8. The summed E-state index contributed by atoms with van der Waals surface area (Å²) < 4.78 is 5.49. The maximum atomic E-state index is 12.9. The fourth-order valence-corrected chi connectivity index (χ4v) is 4.15. The van der Waals surface area contributed by atoms with Gasteiger partial charge in [-0.2, -0.15) is 0 Å². The molecule has 0 bridgehead atoms. The number of hydrogen-bond donors (Lipinski definition) is 6. The third-order valence-corrected chi connectivity index (χ3v) is 6.44. The second-order valence-corrected chi connectivity index (χ2v) is 9.74. The van der Waals surface area contributed by atoms with E-state index in [9.17, 15) is 24.3 Å². The van der Waals surface area contributed by atoms with E-state index in [1.54, 1.807) is 26.1 Å². The Labute approximate surface area is 251 Å². The number of amides is 4. The number of nitrogens with one attached hydrogen (secondary N) is 5. The zero-order chi connectivity index (χ0) is 31.0. The minimum absolute atomic E-state index is 0.102. The molecule has 11 heteroatoms. The van der Waals surface area contributed by atoms with E-state index in [4.69, 9.17) is 4.74 Å². The third-order valence-electron chi connectivity index (χ3n) is 6.44. The largest absolute Gasteiger partial charge is 0.391 e. The van der Waals surface area contributed by atoms with E-state index in [0.717, 1.165) is 11.1 Å². The quantitative estimate of drug-likeness (QED) is 0.149. The summed E-state index contributed by atoms with van der Waals surface area (Å²) in [6, 6.07) is 23.5. The molecule has 43 heavy (non-hydrogen) atoms. The third kappa shape index (κ3) is 11.2. The normalized spacial score (nSPS) is 12.0. The molecule has 0 fully saturated rings. The predicted octanol–water partition coefficient (Wildman–Crippen LogP) is 1.98. The zero-order valence-electron chi connectivity index (χ0n) is 24.4. The van der Waals surface area contributed by atoms with Crippen molar-refractivity contribution in [3.05, 3.63) is 101 Å². The van der Waals surface area contributed by atoms with Gasteiger partial charge in [-0.05, 0) is 36.2 Å². The summed E-state index contributed by atoms with van der Waals surface area (Å²) >= 11 is 0. The van der Waals surface area contributed by atoms with Crippen molar-refractivity contribution in [3.8, 4) is 0 Å². The van der Waals surface area contributed by atoms with Crippen LogP contribution in [0.1, 0.15) is 45.2 Å². The molecule has 0 saturated carbocycles. The SMILES string of the molecule is CCO[C@H](C[C@H](O)CNC(=O)c1cc(NC)cc(C(=O)NCc2ccccc2)c1)C(=O)NCC(=O)NCc1ccccc1. The molecule has 2 atom stereocenters. The van der Waals surface area contributed by atoms with Gasteiger partial charge < -0.3 is 36.4 Å². The molecule has 3 aromatic carbocycles. The minimum atomic E-state index is -1.11. The molecule has 3 aromatic rings. The molecule has 228 valence electrons. The molecule has 0 aliphatic carbocycles. The lowest BCUT2D eigenvalue weighted by molar-refractivity contribution is -0.136. The molecule has 0 aromatic heterocycles. The monoisotopic (exact) mass is 589 g/mol. The average Bonchev–Trinajstić information content (AvgIpc) is 3.04.